The van der Waals surface area contributed by atoms with Crippen LogP contribution < -0.4 is 19.5 Å². The monoisotopic (exact) mass is 424 g/mol. The van der Waals surface area contributed by atoms with Gasteiger partial charge in [0.1, 0.15) is 0 Å². The van der Waals surface area contributed by atoms with E-state index in [4.69, 9.17) is 14.2 Å². The Morgan fingerprint density at radius 1 is 1.10 bits per heavy atom. The summed E-state index contributed by atoms with van der Waals surface area (Å²) in [5.41, 5.74) is 3.32. The van der Waals surface area contributed by atoms with E-state index >= 15 is 0 Å². The van der Waals surface area contributed by atoms with Crippen molar-refractivity contribution in [3.63, 3.8) is 0 Å². The largest absolute Gasteiger partial charge is 0.493 e. The minimum Gasteiger partial charge on any atom is -0.493 e. The van der Waals surface area contributed by atoms with Crippen molar-refractivity contribution in [2.75, 3.05) is 24.8 Å². The summed E-state index contributed by atoms with van der Waals surface area (Å²) in [5.74, 6) is 2.73. The SMILES string of the molecule is CCCSc1nnc2c(n1)OC(c1ccc(OC)c(OCC)c1)Nc1ccccc1-2. The first-order valence-corrected chi connectivity index (χ1v) is 10.9. The van der Waals surface area contributed by atoms with E-state index in [9.17, 15) is 0 Å². The Hall–Kier alpha value is -3.00. The van der Waals surface area contributed by atoms with Crippen LogP contribution in [0.4, 0.5) is 5.69 Å². The topological polar surface area (TPSA) is 78.4 Å². The maximum Gasteiger partial charge on any atom is 0.247 e. The molecule has 156 valence electrons. The number of anilines is 1. The Balaban J connectivity index is 1.76. The van der Waals surface area contributed by atoms with E-state index in [1.807, 2.05) is 49.4 Å². The van der Waals surface area contributed by atoms with Gasteiger partial charge in [-0.1, -0.05) is 36.9 Å². The predicted octanol–water partition coefficient (Wildman–Crippen LogP) is 4.95. The zero-order chi connectivity index (χ0) is 20.9. The van der Waals surface area contributed by atoms with Gasteiger partial charge in [0.2, 0.25) is 11.0 Å². The molecule has 2 heterocycles. The maximum atomic E-state index is 6.32. The summed E-state index contributed by atoms with van der Waals surface area (Å²) < 4.78 is 17.5. The highest BCUT2D eigenvalue weighted by Gasteiger charge is 2.26. The number of thioether (sulfide) groups is 1. The molecule has 1 aliphatic heterocycles. The second-order valence-corrected chi connectivity index (χ2v) is 7.69. The fraction of sp³-hybridized carbons (Fsp3) is 0.318. The van der Waals surface area contributed by atoms with Gasteiger partial charge < -0.3 is 19.5 Å². The van der Waals surface area contributed by atoms with E-state index in [2.05, 4.69) is 27.4 Å². The number of benzene rings is 2. The van der Waals surface area contributed by atoms with Gasteiger partial charge in [0.05, 0.1) is 13.7 Å². The Labute approximate surface area is 180 Å². The molecule has 1 aliphatic rings. The van der Waals surface area contributed by atoms with E-state index in [0.29, 0.717) is 34.8 Å². The van der Waals surface area contributed by atoms with Crippen LogP contribution in [0.15, 0.2) is 47.6 Å². The molecular formula is C22H24N4O3S. The molecule has 7 nitrogen and oxygen atoms in total. The molecular weight excluding hydrogens is 400 g/mol. The second-order valence-electron chi connectivity index (χ2n) is 6.63. The van der Waals surface area contributed by atoms with Crippen molar-refractivity contribution < 1.29 is 14.2 Å². The number of rotatable bonds is 7. The van der Waals surface area contributed by atoms with Gasteiger partial charge >= 0.3 is 0 Å². The van der Waals surface area contributed by atoms with Gasteiger partial charge in [0, 0.05) is 22.6 Å². The first kappa shape index (κ1) is 20.3. The molecule has 1 atom stereocenters. The average Bonchev–Trinajstić information content (AvgIpc) is 2.94. The number of nitrogens with zero attached hydrogens (tertiary/aromatic N) is 3. The summed E-state index contributed by atoms with van der Waals surface area (Å²) in [6, 6.07) is 13.7. The molecule has 0 saturated heterocycles. The summed E-state index contributed by atoms with van der Waals surface area (Å²) in [5, 5.41) is 12.8. The van der Waals surface area contributed by atoms with Crippen molar-refractivity contribution in [2.24, 2.45) is 0 Å². The summed E-state index contributed by atoms with van der Waals surface area (Å²) in [7, 11) is 1.63. The number of hydrogen-bond donors (Lipinski definition) is 1. The highest BCUT2D eigenvalue weighted by molar-refractivity contribution is 7.99. The van der Waals surface area contributed by atoms with Crippen molar-refractivity contribution in [3.05, 3.63) is 48.0 Å². The molecule has 0 bridgehead atoms. The van der Waals surface area contributed by atoms with Crippen molar-refractivity contribution in [3.8, 4) is 28.6 Å². The van der Waals surface area contributed by atoms with Crippen LogP contribution >= 0.6 is 11.8 Å². The van der Waals surface area contributed by atoms with Crippen LogP contribution in [-0.2, 0) is 0 Å². The van der Waals surface area contributed by atoms with Crippen LogP contribution in [-0.4, -0.2) is 34.7 Å². The average molecular weight is 425 g/mol. The second kappa shape index (κ2) is 9.21. The molecule has 0 fully saturated rings. The Morgan fingerprint density at radius 2 is 1.97 bits per heavy atom. The number of aromatic nitrogens is 3. The van der Waals surface area contributed by atoms with E-state index in [-0.39, 0.29) is 0 Å². The lowest BCUT2D eigenvalue weighted by Crippen LogP contribution is -2.17. The summed E-state index contributed by atoms with van der Waals surface area (Å²) in [6.07, 6.45) is 0.559. The third-order valence-electron chi connectivity index (χ3n) is 4.56. The highest BCUT2D eigenvalue weighted by Crippen LogP contribution is 2.40. The summed E-state index contributed by atoms with van der Waals surface area (Å²) >= 11 is 1.57. The standard InChI is InChI=1S/C22H24N4O3S/c1-4-12-30-22-24-21-19(25-26-22)15-8-6-7-9-16(15)23-20(29-21)14-10-11-17(27-3)18(13-14)28-5-2/h6-11,13,20,23H,4-5,12H2,1-3H3. The molecule has 4 rings (SSSR count). The van der Waals surface area contributed by atoms with Gasteiger partial charge in [-0.15, -0.1) is 10.2 Å². The van der Waals surface area contributed by atoms with E-state index in [1.165, 1.54) is 0 Å². The van der Waals surface area contributed by atoms with E-state index in [1.54, 1.807) is 18.9 Å². The van der Waals surface area contributed by atoms with Gasteiger partial charge in [-0.05, 0) is 37.6 Å². The quantitative estimate of drug-likeness (QED) is 0.534. The fourth-order valence-electron chi connectivity index (χ4n) is 3.18. The van der Waals surface area contributed by atoms with Crippen molar-refractivity contribution in [1.82, 2.24) is 15.2 Å². The van der Waals surface area contributed by atoms with Gasteiger partial charge in [0.15, 0.2) is 23.4 Å². The van der Waals surface area contributed by atoms with E-state index in [0.717, 1.165) is 29.0 Å². The number of nitrogens with one attached hydrogen (secondary N) is 1. The molecule has 30 heavy (non-hydrogen) atoms. The van der Waals surface area contributed by atoms with Crippen molar-refractivity contribution >= 4 is 17.4 Å². The molecule has 0 spiro atoms. The molecule has 0 aliphatic carbocycles. The molecule has 0 radical (unpaired) electrons. The van der Waals surface area contributed by atoms with Crippen LogP contribution in [0, 0.1) is 0 Å². The third kappa shape index (κ3) is 4.14. The first-order valence-electron chi connectivity index (χ1n) is 9.94. The minimum absolute atomic E-state index is 0.458. The first-order chi connectivity index (χ1) is 14.7. The van der Waals surface area contributed by atoms with Crippen LogP contribution in [0.3, 0.4) is 0 Å². The molecule has 0 saturated carbocycles. The maximum absolute atomic E-state index is 6.32. The minimum atomic E-state index is -0.474. The molecule has 3 aromatic rings. The van der Waals surface area contributed by atoms with Gasteiger partial charge in [-0.2, -0.15) is 4.98 Å². The Morgan fingerprint density at radius 3 is 2.77 bits per heavy atom. The number of para-hydroxylation sites is 1. The summed E-state index contributed by atoms with van der Waals surface area (Å²) in [6.45, 7) is 4.60. The van der Waals surface area contributed by atoms with Crippen molar-refractivity contribution in [2.45, 2.75) is 31.7 Å². The van der Waals surface area contributed by atoms with E-state index < -0.39 is 6.23 Å². The fourth-order valence-corrected chi connectivity index (χ4v) is 3.81. The number of hydrogen-bond acceptors (Lipinski definition) is 8. The van der Waals surface area contributed by atoms with Crippen LogP contribution in [0.5, 0.6) is 17.4 Å². The van der Waals surface area contributed by atoms with Gasteiger partial charge in [-0.3, -0.25) is 0 Å². The van der Waals surface area contributed by atoms with Crippen LogP contribution in [0.1, 0.15) is 32.1 Å². The molecule has 1 aromatic heterocycles. The molecule has 8 heteroatoms. The Bertz CT molecular complexity index is 1030. The third-order valence-corrected chi connectivity index (χ3v) is 5.60. The molecule has 2 aromatic carbocycles. The molecule has 0 amide bonds. The predicted molar refractivity (Wildman–Crippen MR) is 117 cm³/mol. The zero-order valence-corrected chi connectivity index (χ0v) is 18.0. The van der Waals surface area contributed by atoms with Gasteiger partial charge in [0.25, 0.3) is 0 Å². The summed E-state index contributed by atoms with van der Waals surface area (Å²) in [4.78, 5) is 4.65. The number of ether oxygens (including phenoxy) is 3. The lowest BCUT2D eigenvalue weighted by molar-refractivity contribution is 0.224. The zero-order valence-electron chi connectivity index (χ0n) is 17.2. The lowest BCUT2D eigenvalue weighted by Gasteiger charge is -2.20. The highest BCUT2D eigenvalue weighted by atomic mass is 32.2. The smallest absolute Gasteiger partial charge is 0.247 e. The number of fused-ring (bicyclic) bond motifs is 3. The van der Waals surface area contributed by atoms with Crippen LogP contribution in [0.25, 0.3) is 11.3 Å². The van der Waals surface area contributed by atoms with Crippen LogP contribution in [0.2, 0.25) is 0 Å². The lowest BCUT2D eigenvalue weighted by atomic mass is 10.1. The normalized spacial score (nSPS) is 14.6. The number of methoxy groups -OCH3 is 1. The molecule has 1 unspecified atom stereocenters. The molecule has 1 N–H and O–H groups in total. The Kier molecular flexibility index (Phi) is 6.23. The van der Waals surface area contributed by atoms with Crippen molar-refractivity contribution in [1.29, 1.82) is 0 Å². The van der Waals surface area contributed by atoms with Gasteiger partial charge in [-0.25, -0.2) is 0 Å².